The first-order chi connectivity index (χ1) is 10.6. The minimum absolute atomic E-state index is 0.0665. The molecule has 1 heterocycles. The molecule has 6 nitrogen and oxygen atoms in total. The van der Waals surface area contributed by atoms with Crippen LogP contribution in [0.25, 0.3) is 0 Å². The summed E-state index contributed by atoms with van der Waals surface area (Å²) in [6, 6.07) is 7.71. The maximum Gasteiger partial charge on any atom is 0.264 e. The van der Waals surface area contributed by atoms with Gasteiger partial charge in [0, 0.05) is 7.11 Å². The molecule has 0 saturated carbocycles. The number of rotatable bonds is 7. The average molecular weight is 321 g/mol. The molecule has 0 saturated heterocycles. The molecule has 1 aromatic carbocycles. The van der Waals surface area contributed by atoms with E-state index in [4.69, 9.17) is 9.47 Å². The zero-order valence-electron chi connectivity index (χ0n) is 12.8. The first-order valence-electron chi connectivity index (χ1n) is 6.93. The van der Waals surface area contributed by atoms with Gasteiger partial charge >= 0.3 is 0 Å². The number of aromatic nitrogens is 2. The van der Waals surface area contributed by atoms with E-state index in [1.807, 2.05) is 24.3 Å². The molecular weight excluding hydrogens is 302 g/mol. The Hall–Kier alpha value is -1.99. The first-order valence-corrected chi connectivity index (χ1v) is 7.74. The van der Waals surface area contributed by atoms with Gasteiger partial charge in [-0.15, -0.1) is 10.2 Å². The minimum Gasteiger partial charge on any atom is -0.483 e. The fourth-order valence-corrected chi connectivity index (χ4v) is 2.60. The predicted molar refractivity (Wildman–Crippen MR) is 85.3 cm³/mol. The lowest BCUT2D eigenvalue weighted by Crippen LogP contribution is -2.20. The highest BCUT2D eigenvalue weighted by Crippen LogP contribution is 2.25. The minimum atomic E-state index is -0.265. The molecule has 0 spiro atoms. The Bertz CT molecular complexity index is 628. The predicted octanol–water partition coefficient (Wildman–Crippen LogP) is 2.83. The van der Waals surface area contributed by atoms with Crippen molar-refractivity contribution in [2.24, 2.45) is 0 Å². The van der Waals surface area contributed by atoms with Crippen LogP contribution >= 0.6 is 11.3 Å². The molecule has 1 N–H and O–H groups in total. The summed E-state index contributed by atoms with van der Waals surface area (Å²) in [6.45, 7) is 4.48. The van der Waals surface area contributed by atoms with Crippen LogP contribution in [0.4, 0.5) is 5.13 Å². The van der Waals surface area contributed by atoms with E-state index in [9.17, 15) is 4.79 Å². The number of anilines is 1. The number of carbonyl (C=O) groups is 1. The number of ether oxygens (including phenoxy) is 2. The van der Waals surface area contributed by atoms with Gasteiger partial charge in [0.1, 0.15) is 17.4 Å². The van der Waals surface area contributed by atoms with E-state index in [-0.39, 0.29) is 12.5 Å². The quantitative estimate of drug-likeness (QED) is 0.849. The van der Waals surface area contributed by atoms with Crippen LogP contribution in [0.3, 0.4) is 0 Å². The average Bonchev–Trinajstić information content (AvgIpc) is 2.93. The van der Waals surface area contributed by atoms with Gasteiger partial charge < -0.3 is 9.47 Å². The Kier molecular flexibility index (Phi) is 5.85. The number of amides is 1. The first kappa shape index (κ1) is 16.4. The highest BCUT2D eigenvalue weighted by Gasteiger charge is 2.11. The van der Waals surface area contributed by atoms with Gasteiger partial charge in [0.25, 0.3) is 5.91 Å². The molecule has 118 valence electrons. The standard InChI is InChI=1S/C15H19N3O3S/c1-10(2)11-6-4-5-7-12(11)21-8-13(19)16-15-18-17-14(22-15)9-20-3/h4-7,10H,8-9H2,1-3H3,(H,16,18,19). The van der Waals surface area contributed by atoms with Crippen molar-refractivity contribution in [3.63, 3.8) is 0 Å². The van der Waals surface area contributed by atoms with E-state index in [0.29, 0.717) is 22.7 Å². The summed E-state index contributed by atoms with van der Waals surface area (Å²) >= 11 is 1.28. The van der Waals surface area contributed by atoms with Crippen molar-refractivity contribution in [3.05, 3.63) is 34.8 Å². The van der Waals surface area contributed by atoms with Gasteiger partial charge in [-0.3, -0.25) is 10.1 Å². The number of hydrogen-bond acceptors (Lipinski definition) is 6. The third kappa shape index (κ3) is 4.51. The number of nitrogens with one attached hydrogen (secondary N) is 1. The number of carbonyl (C=O) groups excluding carboxylic acids is 1. The van der Waals surface area contributed by atoms with Gasteiger partial charge in [-0.25, -0.2) is 0 Å². The van der Waals surface area contributed by atoms with Gasteiger partial charge in [-0.05, 0) is 17.5 Å². The lowest BCUT2D eigenvalue weighted by Gasteiger charge is -2.13. The Morgan fingerprint density at radius 2 is 2.09 bits per heavy atom. The second-order valence-corrected chi connectivity index (χ2v) is 6.03. The molecule has 7 heteroatoms. The normalized spacial score (nSPS) is 10.7. The molecule has 2 aromatic rings. The summed E-state index contributed by atoms with van der Waals surface area (Å²) in [7, 11) is 1.58. The number of methoxy groups -OCH3 is 1. The summed E-state index contributed by atoms with van der Waals surface area (Å²) in [5.74, 6) is 0.794. The van der Waals surface area contributed by atoms with Gasteiger partial charge in [0.2, 0.25) is 5.13 Å². The van der Waals surface area contributed by atoms with E-state index in [0.717, 1.165) is 11.3 Å². The molecule has 0 aliphatic rings. The summed E-state index contributed by atoms with van der Waals surface area (Å²) < 4.78 is 10.6. The molecule has 22 heavy (non-hydrogen) atoms. The lowest BCUT2D eigenvalue weighted by atomic mass is 10.0. The Morgan fingerprint density at radius 1 is 1.32 bits per heavy atom. The topological polar surface area (TPSA) is 73.3 Å². The van der Waals surface area contributed by atoms with Crippen LogP contribution in [0, 0.1) is 0 Å². The Labute approximate surface area is 133 Å². The third-order valence-electron chi connectivity index (χ3n) is 2.88. The number of para-hydroxylation sites is 1. The van der Waals surface area contributed by atoms with Crippen LogP contribution < -0.4 is 10.1 Å². The van der Waals surface area contributed by atoms with Crippen molar-refractivity contribution in [2.75, 3.05) is 19.0 Å². The number of nitrogens with zero attached hydrogens (tertiary/aromatic N) is 2. The molecule has 0 atom stereocenters. The maximum atomic E-state index is 11.9. The summed E-state index contributed by atoms with van der Waals surface area (Å²) in [6.07, 6.45) is 0. The van der Waals surface area contributed by atoms with E-state index in [1.165, 1.54) is 11.3 Å². The van der Waals surface area contributed by atoms with Crippen LogP contribution in [-0.4, -0.2) is 29.8 Å². The zero-order valence-corrected chi connectivity index (χ0v) is 13.6. The molecule has 0 bridgehead atoms. The molecule has 0 aliphatic heterocycles. The molecular formula is C15H19N3O3S. The Balaban J connectivity index is 1.90. The molecule has 2 rings (SSSR count). The smallest absolute Gasteiger partial charge is 0.264 e. The van der Waals surface area contributed by atoms with Gasteiger partial charge in [-0.1, -0.05) is 43.4 Å². The summed E-state index contributed by atoms with van der Waals surface area (Å²) in [4.78, 5) is 11.9. The highest BCUT2D eigenvalue weighted by molar-refractivity contribution is 7.15. The Morgan fingerprint density at radius 3 is 2.82 bits per heavy atom. The van der Waals surface area contributed by atoms with E-state index in [1.54, 1.807) is 7.11 Å². The third-order valence-corrected chi connectivity index (χ3v) is 3.69. The summed E-state index contributed by atoms with van der Waals surface area (Å²) in [5.41, 5.74) is 1.08. The summed E-state index contributed by atoms with van der Waals surface area (Å²) in [5, 5.41) is 11.6. The SMILES string of the molecule is COCc1nnc(NC(=O)COc2ccccc2C(C)C)s1. The van der Waals surface area contributed by atoms with Crippen LogP contribution in [-0.2, 0) is 16.1 Å². The van der Waals surface area contributed by atoms with Crippen LogP contribution in [0.15, 0.2) is 24.3 Å². The van der Waals surface area contributed by atoms with Crippen molar-refractivity contribution < 1.29 is 14.3 Å². The van der Waals surface area contributed by atoms with E-state index < -0.39 is 0 Å². The molecule has 0 fully saturated rings. The number of hydrogen-bond donors (Lipinski definition) is 1. The lowest BCUT2D eigenvalue weighted by molar-refractivity contribution is -0.118. The van der Waals surface area contributed by atoms with Gasteiger partial charge in [0.05, 0.1) is 0 Å². The second-order valence-electron chi connectivity index (χ2n) is 4.96. The molecule has 0 aliphatic carbocycles. The maximum absolute atomic E-state index is 11.9. The highest BCUT2D eigenvalue weighted by atomic mass is 32.1. The van der Waals surface area contributed by atoms with E-state index in [2.05, 4.69) is 29.4 Å². The molecule has 1 amide bonds. The van der Waals surface area contributed by atoms with Crippen molar-refractivity contribution in [3.8, 4) is 5.75 Å². The van der Waals surface area contributed by atoms with Crippen LogP contribution in [0.2, 0.25) is 0 Å². The van der Waals surface area contributed by atoms with Crippen molar-refractivity contribution in [1.29, 1.82) is 0 Å². The molecule has 1 aromatic heterocycles. The monoisotopic (exact) mass is 321 g/mol. The van der Waals surface area contributed by atoms with Crippen molar-refractivity contribution in [1.82, 2.24) is 10.2 Å². The van der Waals surface area contributed by atoms with Gasteiger partial charge in [-0.2, -0.15) is 0 Å². The van der Waals surface area contributed by atoms with Crippen molar-refractivity contribution in [2.45, 2.75) is 26.4 Å². The van der Waals surface area contributed by atoms with Crippen LogP contribution in [0.1, 0.15) is 30.3 Å². The van der Waals surface area contributed by atoms with E-state index >= 15 is 0 Å². The second kappa shape index (κ2) is 7.86. The molecule has 0 radical (unpaired) electrons. The number of benzene rings is 1. The largest absolute Gasteiger partial charge is 0.483 e. The molecule has 0 unspecified atom stereocenters. The fraction of sp³-hybridized carbons (Fsp3) is 0.400. The van der Waals surface area contributed by atoms with Crippen LogP contribution in [0.5, 0.6) is 5.75 Å². The fourth-order valence-electron chi connectivity index (χ4n) is 1.87. The zero-order chi connectivity index (χ0) is 15.9. The van der Waals surface area contributed by atoms with Gasteiger partial charge in [0.15, 0.2) is 6.61 Å². The van der Waals surface area contributed by atoms with Crippen molar-refractivity contribution >= 4 is 22.4 Å².